The molecule has 0 bridgehead atoms. The Hall–Kier alpha value is -2.87. The van der Waals surface area contributed by atoms with Crippen LogP contribution in [0.3, 0.4) is 0 Å². The Morgan fingerprint density at radius 3 is 2.39 bits per heavy atom. The lowest BCUT2D eigenvalue weighted by Gasteiger charge is -2.20. The van der Waals surface area contributed by atoms with Gasteiger partial charge in [0, 0.05) is 29.6 Å². The summed E-state index contributed by atoms with van der Waals surface area (Å²) in [5.74, 6) is -1.03. The summed E-state index contributed by atoms with van der Waals surface area (Å²) in [6.45, 7) is 3.83. The first kappa shape index (κ1) is 21.4. The molecular weight excluding hydrogens is 360 g/mol. The lowest BCUT2D eigenvalue weighted by atomic mass is 10.0. The van der Waals surface area contributed by atoms with E-state index in [0.29, 0.717) is 6.42 Å². The lowest BCUT2D eigenvalue weighted by Crippen LogP contribution is -2.48. The van der Waals surface area contributed by atoms with Crippen LogP contribution in [0.15, 0.2) is 30.5 Å². The number of H-pyrrole nitrogens is 1. The quantitative estimate of drug-likeness (QED) is 0.552. The van der Waals surface area contributed by atoms with Crippen molar-refractivity contribution in [3.8, 4) is 0 Å². The molecule has 28 heavy (non-hydrogen) atoms. The first-order chi connectivity index (χ1) is 13.3. The summed E-state index contributed by atoms with van der Waals surface area (Å²) in [5, 5.41) is 6.48. The van der Waals surface area contributed by atoms with Crippen molar-refractivity contribution < 1.29 is 19.1 Å². The fourth-order valence-electron chi connectivity index (χ4n) is 3.01. The molecule has 3 N–H and O–H groups in total. The highest BCUT2D eigenvalue weighted by atomic mass is 16.5. The number of ether oxygens (including phenoxy) is 1. The Labute approximate surface area is 164 Å². The first-order valence-electron chi connectivity index (χ1n) is 9.20. The van der Waals surface area contributed by atoms with E-state index in [4.69, 9.17) is 4.74 Å². The number of nitrogens with one attached hydrogen (secondary N) is 3. The Bertz CT molecular complexity index is 830. The zero-order chi connectivity index (χ0) is 20.7. The van der Waals surface area contributed by atoms with Gasteiger partial charge < -0.3 is 20.4 Å². The van der Waals surface area contributed by atoms with E-state index in [2.05, 4.69) is 15.6 Å². The van der Waals surface area contributed by atoms with Crippen molar-refractivity contribution in [2.75, 3.05) is 27.2 Å². The van der Waals surface area contributed by atoms with E-state index >= 15 is 0 Å². The van der Waals surface area contributed by atoms with Gasteiger partial charge in [-0.2, -0.15) is 0 Å². The third-order valence-electron chi connectivity index (χ3n) is 4.20. The standard InChI is InChI=1S/C20H28N4O4/c1-13(2)22-18(25)11-24(3)12-19(26)23-17(20(27)28-4)9-14-10-21-16-8-6-5-7-15(14)16/h5-8,10,13,17,21H,9,11-12H2,1-4H3,(H,22,25)(H,23,26)/t17-/m1/s1. The maximum atomic E-state index is 12.4. The van der Waals surface area contributed by atoms with Crippen LogP contribution in [0.4, 0.5) is 0 Å². The Morgan fingerprint density at radius 2 is 1.75 bits per heavy atom. The number of methoxy groups -OCH3 is 1. The number of nitrogens with zero attached hydrogens (tertiary/aromatic N) is 1. The van der Waals surface area contributed by atoms with Gasteiger partial charge in [0.1, 0.15) is 6.04 Å². The van der Waals surface area contributed by atoms with Gasteiger partial charge in [0.05, 0.1) is 20.2 Å². The summed E-state index contributed by atoms with van der Waals surface area (Å²) in [4.78, 5) is 41.1. The number of carbonyl (C=O) groups excluding carboxylic acids is 3. The second-order valence-electron chi connectivity index (χ2n) is 7.10. The molecule has 2 rings (SSSR count). The van der Waals surface area contributed by atoms with Crippen LogP contribution in [0.5, 0.6) is 0 Å². The third-order valence-corrected chi connectivity index (χ3v) is 4.20. The van der Waals surface area contributed by atoms with E-state index < -0.39 is 12.0 Å². The Morgan fingerprint density at radius 1 is 1.11 bits per heavy atom. The van der Waals surface area contributed by atoms with Crippen molar-refractivity contribution in [1.29, 1.82) is 0 Å². The highest BCUT2D eigenvalue weighted by Gasteiger charge is 2.24. The number of hydrogen-bond donors (Lipinski definition) is 3. The number of benzene rings is 1. The van der Waals surface area contributed by atoms with Crippen LogP contribution >= 0.6 is 0 Å². The molecule has 2 amide bonds. The van der Waals surface area contributed by atoms with Crippen molar-refractivity contribution >= 4 is 28.7 Å². The molecule has 1 heterocycles. The maximum absolute atomic E-state index is 12.4. The van der Waals surface area contributed by atoms with E-state index in [1.807, 2.05) is 44.3 Å². The van der Waals surface area contributed by atoms with Gasteiger partial charge in [-0.25, -0.2) is 4.79 Å². The van der Waals surface area contributed by atoms with Crippen molar-refractivity contribution in [3.63, 3.8) is 0 Å². The molecule has 0 saturated carbocycles. The van der Waals surface area contributed by atoms with E-state index in [1.165, 1.54) is 7.11 Å². The van der Waals surface area contributed by atoms with Gasteiger partial charge in [-0.15, -0.1) is 0 Å². The smallest absolute Gasteiger partial charge is 0.328 e. The highest BCUT2D eigenvalue weighted by molar-refractivity contribution is 5.88. The molecule has 0 aliphatic rings. The maximum Gasteiger partial charge on any atom is 0.328 e. The minimum atomic E-state index is -0.811. The zero-order valence-corrected chi connectivity index (χ0v) is 16.7. The van der Waals surface area contributed by atoms with Crippen LogP contribution in [-0.4, -0.2) is 67.0 Å². The molecule has 0 fully saturated rings. The molecule has 0 aliphatic heterocycles. The van der Waals surface area contributed by atoms with Crippen LogP contribution in [0.1, 0.15) is 19.4 Å². The average molecular weight is 388 g/mol. The van der Waals surface area contributed by atoms with E-state index in [9.17, 15) is 14.4 Å². The number of para-hydroxylation sites is 1. The fraction of sp³-hybridized carbons (Fsp3) is 0.450. The first-order valence-corrected chi connectivity index (χ1v) is 9.20. The molecule has 0 unspecified atom stereocenters. The van der Waals surface area contributed by atoms with Crippen LogP contribution in [0.2, 0.25) is 0 Å². The number of hydrogen-bond acceptors (Lipinski definition) is 5. The normalized spacial score (nSPS) is 12.2. The summed E-state index contributed by atoms with van der Waals surface area (Å²) >= 11 is 0. The van der Waals surface area contributed by atoms with Crippen LogP contribution in [0.25, 0.3) is 10.9 Å². The van der Waals surface area contributed by atoms with Crippen molar-refractivity contribution in [2.24, 2.45) is 0 Å². The number of likely N-dealkylation sites (N-methyl/N-ethyl adjacent to an activating group) is 1. The van der Waals surface area contributed by atoms with Gasteiger partial charge in [-0.05, 0) is 32.5 Å². The molecular formula is C20H28N4O4. The summed E-state index contributed by atoms with van der Waals surface area (Å²) in [7, 11) is 2.96. The number of aromatic nitrogens is 1. The number of aromatic amines is 1. The Balaban J connectivity index is 1.99. The molecule has 1 aromatic heterocycles. The van der Waals surface area contributed by atoms with Crippen LogP contribution in [-0.2, 0) is 25.5 Å². The highest BCUT2D eigenvalue weighted by Crippen LogP contribution is 2.19. The van der Waals surface area contributed by atoms with Crippen molar-refractivity contribution in [1.82, 2.24) is 20.5 Å². The predicted molar refractivity (Wildman–Crippen MR) is 107 cm³/mol. The number of rotatable bonds is 9. The second-order valence-corrected chi connectivity index (χ2v) is 7.10. The van der Waals surface area contributed by atoms with Crippen molar-refractivity contribution in [3.05, 3.63) is 36.0 Å². The largest absolute Gasteiger partial charge is 0.467 e. The predicted octanol–water partition coefficient (Wildman–Crippen LogP) is 0.825. The third kappa shape index (κ3) is 6.09. The number of fused-ring (bicyclic) bond motifs is 1. The number of esters is 1. The topological polar surface area (TPSA) is 104 Å². The van der Waals surface area contributed by atoms with Crippen LogP contribution < -0.4 is 10.6 Å². The van der Waals surface area contributed by atoms with E-state index in [1.54, 1.807) is 11.9 Å². The molecule has 0 spiro atoms. The second kappa shape index (κ2) is 9.89. The Kier molecular flexibility index (Phi) is 7.57. The fourth-order valence-corrected chi connectivity index (χ4v) is 3.01. The SMILES string of the molecule is COC(=O)[C@@H](Cc1c[nH]c2ccccc12)NC(=O)CN(C)CC(=O)NC(C)C. The monoisotopic (exact) mass is 388 g/mol. The summed E-state index contributed by atoms with van der Waals surface area (Å²) in [6, 6.07) is 6.97. The lowest BCUT2D eigenvalue weighted by molar-refractivity contribution is -0.145. The van der Waals surface area contributed by atoms with Gasteiger partial charge in [0.2, 0.25) is 11.8 Å². The van der Waals surface area contributed by atoms with E-state index in [-0.39, 0.29) is 30.9 Å². The van der Waals surface area contributed by atoms with Crippen molar-refractivity contribution in [2.45, 2.75) is 32.4 Å². The minimum absolute atomic E-state index is 0.00705. The molecule has 152 valence electrons. The van der Waals surface area contributed by atoms with E-state index in [0.717, 1.165) is 16.5 Å². The molecule has 1 atom stereocenters. The van der Waals surface area contributed by atoms with Gasteiger partial charge >= 0.3 is 5.97 Å². The molecule has 8 nitrogen and oxygen atoms in total. The van der Waals surface area contributed by atoms with Gasteiger partial charge in [-0.3, -0.25) is 14.5 Å². The minimum Gasteiger partial charge on any atom is -0.467 e. The van der Waals surface area contributed by atoms with Gasteiger partial charge in [-0.1, -0.05) is 18.2 Å². The number of carbonyl (C=O) groups is 3. The summed E-state index contributed by atoms with van der Waals surface area (Å²) in [5.41, 5.74) is 1.87. The van der Waals surface area contributed by atoms with Gasteiger partial charge in [0.15, 0.2) is 0 Å². The van der Waals surface area contributed by atoms with Crippen LogP contribution in [0, 0.1) is 0 Å². The zero-order valence-electron chi connectivity index (χ0n) is 16.7. The number of amides is 2. The summed E-state index contributed by atoms with van der Waals surface area (Å²) in [6.07, 6.45) is 2.13. The molecule has 2 aromatic rings. The molecule has 0 saturated heterocycles. The summed E-state index contributed by atoms with van der Waals surface area (Å²) < 4.78 is 4.85. The molecule has 8 heteroatoms. The molecule has 0 aliphatic carbocycles. The molecule has 1 aromatic carbocycles. The van der Waals surface area contributed by atoms with Gasteiger partial charge in [0.25, 0.3) is 0 Å². The molecule has 0 radical (unpaired) electrons. The average Bonchev–Trinajstić information content (AvgIpc) is 3.02.